The Morgan fingerprint density at radius 2 is 1.79 bits per heavy atom. The highest BCUT2D eigenvalue weighted by Crippen LogP contribution is 2.30. The van der Waals surface area contributed by atoms with Gasteiger partial charge in [-0.05, 0) is 44.6 Å². The Morgan fingerprint density at radius 1 is 1.06 bits per heavy atom. The highest BCUT2D eigenvalue weighted by molar-refractivity contribution is 6.00. The van der Waals surface area contributed by atoms with Crippen molar-refractivity contribution < 1.29 is 14.0 Å². The lowest BCUT2D eigenvalue weighted by molar-refractivity contribution is -0.125. The van der Waals surface area contributed by atoms with E-state index in [0.29, 0.717) is 23.1 Å². The minimum absolute atomic E-state index is 0.00139. The van der Waals surface area contributed by atoms with E-state index < -0.39 is 5.82 Å². The number of pyridine rings is 2. The Kier molecular flexibility index (Phi) is 6.68. The van der Waals surface area contributed by atoms with Crippen LogP contribution in [0.4, 0.5) is 21.7 Å². The Hall–Kier alpha value is -3.74. The summed E-state index contributed by atoms with van der Waals surface area (Å²) in [7, 11) is 1.64. The summed E-state index contributed by atoms with van der Waals surface area (Å²) >= 11 is 0. The average Bonchev–Trinajstić information content (AvgIpc) is 3.64. The summed E-state index contributed by atoms with van der Waals surface area (Å²) in [5, 5.41) is 20.8. The second kappa shape index (κ2) is 9.81. The lowest BCUT2D eigenvalue weighted by Gasteiger charge is -2.28. The minimum atomic E-state index is -0.665. The molecule has 172 valence electrons. The fraction of sp³-hybridized carbons (Fsp3) is 0.435. The molecule has 10 heteroatoms. The maximum absolute atomic E-state index is 14.2. The highest BCUT2D eigenvalue weighted by atomic mass is 19.1. The number of aromatic nitrogens is 2. The van der Waals surface area contributed by atoms with Gasteiger partial charge in [0.05, 0.1) is 16.8 Å². The van der Waals surface area contributed by atoms with E-state index in [-0.39, 0.29) is 35.2 Å². The van der Waals surface area contributed by atoms with Gasteiger partial charge in [0.15, 0.2) is 11.6 Å². The zero-order chi connectivity index (χ0) is 23.4. The van der Waals surface area contributed by atoms with Crippen molar-refractivity contribution in [3.8, 4) is 6.07 Å². The summed E-state index contributed by atoms with van der Waals surface area (Å²) in [6, 6.07) is 4.89. The van der Waals surface area contributed by atoms with Gasteiger partial charge in [0.2, 0.25) is 5.91 Å². The average molecular weight is 452 g/mol. The van der Waals surface area contributed by atoms with Crippen molar-refractivity contribution in [1.29, 1.82) is 5.26 Å². The van der Waals surface area contributed by atoms with Gasteiger partial charge in [0.25, 0.3) is 5.91 Å². The SMILES string of the molecule is CNC(=O)[C@H]1CC[C@H](NC(=O)c2cnc(Nc3ncc(C#N)cc3F)cc2NC2CC2)CC1. The number of rotatable bonds is 7. The number of nitrogens with one attached hydrogen (secondary N) is 4. The normalized spacial score (nSPS) is 19.8. The third kappa shape index (κ3) is 5.55. The van der Waals surface area contributed by atoms with Gasteiger partial charge < -0.3 is 21.3 Å². The number of halogens is 1. The van der Waals surface area contributed by atoms with Gasteiger partial charge in [0, 0.05) is 43.5 Å². The van der Waals surface area contributed by atoms with E-state index in [1.807, 2.05) is 6.07 Å². The van der Waals surface area contributed by atoms with Crippen LogP contribution < -0.4 is 21.3 Å². The lowest BCUT2D eigenvalue weighted by Crippen LogP contribution is -2.40. The fourth-order valence-electron chi connectivity index (χ4n) is 3.95. The lowest BCUT2D eigenvalue weighted by atomic mass is 9.85. The number of anilines is 3. The molecule has 2 aromatic heterocycles. The molecule has 2 fully saturated rings. The molecule has 0 aliphatic heterocycles. The molecule has 0 saturated heterocycles. The van der Waals surface area contributed by atoms with Crippen LogP contribution in [-0.2, 0) is 4.79 Å². The maximum atomic E-state index is 14.2. The monoisotopic (exact) mass is 451 g/mol. The maximum Gasteiger partial charge on any atom is 0.255 e. The van der Waals surface area contributed by atoms with E-state index in [2.05, 4.69) is 31.2 Å². The van der Waals surface area contributed by atoms with Gasteiger partial charge in [-0.15, -0.1) is 0 Å². The molecule has 2 heterocycles. The first-order chi connectivity index (χ1) is 16.0. The van der Waals surface area contributed by atoms with Crippen LogP contribution in [0.5, 0.6) is 0 Å². The molecule has 2 aliphatic carbocycles. The fourth-order valence-corrected chi connectivity index (χ4v) is 3.95. The van der Waals surface area contributed by atoms with E-state index >= 15 is 0 Å². The molecule has 4 rings (SSSR count). The zero-order valence-electron chi connectivity index (χ0n) is 18.3. The zero-order valence-corrected chi connectivity index (χ0v) is 18.3. The predicted molar refractivity (Wildman–Crippen MR) is 120 cm³/mol. The van der Waals surface area contributed by atoms with Gasteiger partial charge in [-0.2, -0.15) is 5.26 Å². The Bertz CT molecular complexity index is 1090. The van der Waals surface area contributed by atoms with Crippen molar-refractivity contribution in [3.63, 3.8) is 0 Å². The van der Waals surface area contributed by atoms with E-state index in [1.165, 1.54) is 12.4 Å². The molecule has 4 N–H and O–H groups in total. The standard InChI is InChI=1S/C23H26FN7O2/c1-26-22(32)14-2-4-16(5-3-14)30-23(33)17-12-27-20(9-19(17)29-15-6-7-15)31-21-18(24)8-13(10-25)11-28-21/h8-9,11-12,14-16H,2-7H2,1H3,(H,26,32)(H,30,33)(H2,27,28,29,31)/t14-,16-. The first kappa shape index (κ1) is 22.5. The van der Waals surface area contributed by atoms with Gasteiger partial charge in [-0.3, -0.25) is 9.59 Å². The Labute approximate surface area is 191 Å². The summed E-state index contributed by atoms with van der Waals surface area (Å²) in [5.41, 5.74) is 1.15. The van der Waals surface area contributed by atoms with E-state index in [1.54, 1.807) is 13.1 Å². The molecule has 9 nitrogen and oxygen atoms in total. The smallest absolute Gasteiger partial charge is 0.255 e. The second-order valence-corrected chi connectivity index (χ2v) is 8.46. The van der Waals surface area contributed by atoms with Crippen molar-refractivity contribution in [2.45, 2.75) is 50.6 Å². The number of carbonyl (C=O) groups excluding carboxylic acids is 2. The summed E-state index contributed by atoms with van der Waals surface area (Å²) in [6.45, 7) is 0. The molecule has 0 unspecified atom stereocenters. The third-order valence-electron chi connectivity index (χ3n) is 5.98. The first-order valence-corrected chi connectivity index (χ1v) is 11.1. The van der Waals surface area contributed by atoms with Crippen molar-refractivity contribution >= 4 is 29.1 Å². The third-order valence-corrected chi connectivity index (χ3v) is 5.98. The summed E-state index contributed by atoms with van der Waals surface area (Å²) < 4.78 is 14.2. The van der Waals surface area contributed by atoms with Gasteiger partial charge in [-0.25, -0.2) is 14.4 Å². The molecule has 2 aliphatic rings. The molecule has 0 atom stereocenters. The number of hydrogen-bond donors (Lipinski definition) is 4. The van der Waals surface area contributed by atoms with Crippen LogP contribution in [0.25, 0.3) is 0 Å². The highest BCUT2D eigenvalue weighted by Gasteiger charge is 2.28. The van der Waals surface area contributed by atoms with E-state index in [9.17, 15) is 14.0 Å². The topological polar surface area (TPSA) is 132 Å². The van der Waals surface area contributed by atoms with Crippen LogP contribution in [0.3, 0.4) is 0 Å². The molecule has 0 spiro atoms. The largest absolute Gasteiger partial charge is 0.382 e. The predicted octanol–water partition coefficient (Wildman–Crippen LogP) is 2.84. The van der Waals surface area contributed by atoms with Crippen LogP contribution in [-0.4, -0.2) is 40.9 Å². The first-order valence-electron chi connectivity index (χ1n) is 11.1. The quantitative estimate of drug-likeness (QED) is 0.509. The van der Waals surface area contributed by atoms with Crippen molar-refractivity contribution in [2.24, 2.45) is 5.92 Å². The Morgan fingerprint density at radius 3 is 2.42 bits per heavy atom. The van der Waals surface area contributed by atoms with Gasteiger partial charge in [-0.1, -0.05) is 0 Å². The number of nitrogens with zero attached hydrogens (tertiary/aromatic N) is 3. The molecular weight excluding hydrogens is 425 g/mol. The van der Waals surface area contributed by atoms with Gasteiger partial charge >= 0.3 is 0 Å². The summed E-state index contributed by atoms with van der Waals surface area (Å²) in [4.78, 5) is 33.0. The van der Waals surface area contributed by atoms with Crippen molar-refractivity contribution in [3.05, 3.63) is 41.5 Å². The molecule has 0 aromatic carbocycles. The minimum Gasteiger partial charge on any atom is -0.382 e. The molecule has 0 radical (unpaired) electrons. The second-order valence-electron chi connectivity index (χ2n) is 8.46. The van der Waals surface area contributed by atoms with Crippen LogP contribution in [0.2, 0.25) is 0 Å². The molecule has 2 aromatic rings. The molecule has 33 heavy (non-hydrogen) atoms. The van der Waals surface area contributed by atoms with Crippen LogP contribution in [0, 0.1) is 23.1 Å². The number of carbonyl (C=O) groups is 2. The summed E-state index contributed by atoms with van der Waals surface area (Å²) in [6.07, 6.45) is 7.72. The molecular formula is C23H26FN7O2. The van der Waals surface area contributed by atoms with Gasteiger partial charge in [0.1, 0.15) is 11.9 Å². The van der Waals surface area contributed by atoms with E-state index in [0.717, 1.165) is 44.6 Å². The summed E-state index contributed by atoms with van der Waals surface area (Å²) in [5.74, 6) is -0.569. The number of nitriles is 1. The molecule has 2 amide bonds. The van der Waals surface area contributed by atoms with Crippen LogP contribution in [0.1, 0.15) is 54.4 Å². The van der Waals surface area contributed by atoms with Crippen molar-refractivity contribution in [2.75, 3.05) is 17.7 Å². The Balaban J connectivity index is 1.46. The van der Waals surface area contributed by atoms with E-state index in [4.69, 9.17) is 5.26 Å². The number of hydrogen-bond acceptors (Lipinski definition) is 7. The van der Waals surface area contributed by atoms with Crippen molar-refractivity contribution in [1.82, 2.24) is 20.6 Å². The van der Waals surface area contributed by atoms with Crippen LogP contribution >= 0.6 is 0 Å². The molecule has 0 bridgehead atoms. The number of amides is 2. The molecule has 2 saturated carbocycles. The van der Waals surface area contributed by atoms with Crippen LogP contribution in [0.15, 0.2) is 24.5 Å².